The van der Waals surface area contributed by atoms with E-state index >= 15 is 0 Å². The van der Waals surface area contributed by atoms with Crippen LogP contribution in [0.2, 0.25) is 0 Å². The first-order valence-corrected chi connectivity index (χ1v) is 6.61. The fourth-order valence-corrected chi connectivity index (χ4v) is 2.43. The molecule has 2 heteroatoms. The summed E-state index contributed by atoms with van der Waals surface area (Å²) in [6.07, 6.45) is 5.05. The molecule has 1 aromatic carbocycles. The third-order valence-electron chi connectivity index (χ3n) is 3.55. The minimum Gasteiger partial charge on any atom is -0.386 e. The molecule has 0 aromatic heterocycles. The van der Waals surface area contributed by atoms with E-state index in [9.17, 15) is 5.11 Å². The van der Waals surface area contributed by atoms with Crippen LogP contribution in [0.25, 0.3) is 0 Å². The first-order chi connectivity index (χ1) is 8.05. The maximum Gasteiger partial charge on any atom is 0.0840 e. The SMILES string of the molecule is CC(C)(O)c1ccc(CC2CCCCN2)cc1. The van der Waals surface area contributed by atoms with Crippen LogP contribution in [-0.4, -0.2) is 17.7 Å². The number of nitrogens with one attached hydrogen (secondary N) is 1. The third-order valence-corrected chi connectivity index (χ3v) is 3.55. The maximum absolute atomic E-state index is 9.89. The van der Waals surface area contributed by atoms with Crippen molar-refractivity contribution in [3.8, 4) is 0 Å². The first kappa shape index (κ1) is 12.6. The topological polar surface area (TPSA) is 32.3 Å². The normalized spacial score (nSPS) is 21.5. The molecule has 1 aliphatic rings. The van der Waals surface area contributed by atoms with Crippen LogP contribution in [-0.2, 0) is 12.0 Å². The molecule has 1 fully saturated rings. The zero-order chi connectivity index (χ0) is 12.3. The maximum atomic E-state index is 9.89. The summed E-state index contributed by atoms with van der Waals surface area (Å²) in [6, 6.07) is 9.00. The minimum atomic E-state index is -0.735. The van der Waals surface area contributed by atoms with E-state index in [1.165, 1.54) is 24.8 Å². The van der Waals surface area contributed by atoms with Crippen molar-refractivity contribution in [2.75, 3.05) is 6.54 Å². The molecular formula is C15H23NO. The van der Waals surface area contributed by atoms with Gasteiger partial charge in [-0.3, -0.25) is 0 Å². The van der Waals surface area contributed by atoms with Crippen LogP contribution in [0.4, 0.5) is 0 Å². The summed E-state index contributed by atoms with van der Waals surface area (Å²) >= 11 is 0. The molecule has 2 rings (SSSR count). The summed E-state index contributed by atoms with van der Waals surface area (Å²) in [5.41, 5.74) is 1.61. The Balaban J connectivity index is 1.98. The van der Waals surface area contributed by atoms with Crippen molar-refractivity contribution in [1.82, 2.24) is 5.32 Å². The summed E-state index contributed by atoms with van der Waals surface area (Å²) in [4.78, 5) is 0. The van der Waals surface area contributed by atoms with Gasteiger partial charge in [-0.1, -0.05) is 30.7 Å². The van der Waals surface area contributed by atoms with Gasteiger partial charge in [0.05, 0.1) is 5.60 Å². The minimum absolute atomic E-state index is 0.636. The molecule has 0 amide bonds. The summed E-state index contributed by atoms with van der Waals surface area (Å²) in [7, 11) is 0. The van der Waals surface area contributed by atoms with Gasteiger partial charge in [-0.2, -0.15) is 0 Å². The van der Waals surface area contributed by atoms with Crippen molar-refractivity contribution in [1.29, 1.82) is 0 Å². The van der Waals surface area contributed by atoms with Crippen LogP contribution in [0.15, 0.2) is 24.3 Å². The van der Waals surface area contributed by atoms with Crippen LogP contribution in [0.5, 0.6) is 0 Å². The van der Waals surface area contributed by atoms with Gasteiger partial charge in [0.25, 0.3) is 0 Å². The molecule has 1 aliphatic heterocycles. The van der Waals surface area contributed by atoms with E-state index in [1.54, 1.807) is 0 Å². The molecule has 94 valence electrons. The van der Waals surface area contributed by atoms with E-state index in [-0.39, 0.29) is 0 Å². The predicted molar refractivity (Wildman–Crippen MR) is 71.0 cm³/mol. The standard InChI is InChI=1S/C15H23NO/c1-15(2,17)13-8-6-12(7-9-13)11-14-5-3-4-10-16-14/h6-9,14,16-17H,3-5,10-11H2,1-2H3. The molecule has 2 nitrogen and oxygen atoms in total. The largest absolute Gasteiger partial charge is 0.386 e. The van der Waals surface area contributed by atoms with Crippen molar-refractivity contribution >= 4 is 0 Å². The van der Waals surface area contributed by atoms with Gasteiger partial charge in [0, 0.05) is 6.04 Å². The molecule has 0 spiro atoms. The van der Waals surface area contributed by atoms with E-state index in [0.29, 0.717) is 6.04 Å². The Labute approximate surface area is 104 Å². The number of piperidine rings is 1. The lowest BCUT2D eigenvalue weighted by molar-refractivity contribution is 0.0786. The predicted octanol–water partition coefficient (Wildman–Crippen LogP) is 2.60. The smallest absolute Gasteiger partial charge is 0.0840 e. The summed E-state index contributed by atoms with van der Waals surface area (Å²) in [5.74, 6) is 0. The third kappa shape index (κ3) is 3.55. The average Bonchev–Trinajstić information content (AvgIpc) is 2.30. The molecule has 1 atom stereocenters. The number of rotatable bonds is 3. The molecule has 0 saturated carbocycles. The van der Waals surface area contributed by atoms with E-state index in [4.69, 9.17) is 0 Å². The average molecular weight is 233 g/mol. The Morgan fingerprint density at radius 3 is 2.47 bits per heavy atom. The molecule has 1 saturated heterocycles. The van der Waals surface area contributed by atoms with E-state index < -0.39 is 5.60 Å². The summed E-state index contributed by atoms with van der Waals surface area (Å²) in [6.45, 7) is 4.81. The first-order valence-electron chi connectivity index (χ1n) is 6.61. The molecule has 0 radical (unpaired) electrons. The Morgan fingerprint density at radius 1 is 1.24 bits per heavy atom. The summed E-state index contributed by atoms with van der Waals surface area (Å²) in [5, 5.41) is 13.5. The van der Waals surface area contributed by atoms with Crippen molar-refractivity contribution in [3.63, 3.8) is 0 Å². The second-order valence-corrected chi connectivity index (χ2v) is 5.61. The molecule has 2 N–H and O–H groups in total. The second-order valence-electron chi connectivity index (χ2n) is 5.61. The van der Waals surface area contributed by atoms with Crippen molar-refractivity contribution in [2.45, 2.75) is 51.2 Å². The number of aliphatic hydroxyl groups is 1. The quantitative estimate of drug-likeness (QED) is 0.841. The zero-order valence-electron chi connectivity index (χ0n) is 10.9. The lowest BCUT2D eigenvalue weighted by Gasteiger charge is -2.24. The van der Waals surface area contributed by atoms with Gasteiger partial charge in [-0.05, 0) is 50.8 Å². The summed E-state index contributed by atoms with van der Waals surface area (Å²) < 4.78 is 0. The molecule has 1 aromatic rings. The highest BCUT2D eigenvalue weighted by molar-refractivity contribution is 5.26. The lowest BCUT2D eigenvalue weighted by atomic mass is 9.94. The Kier molecular flexibility index (Phi) is 3.85. The molecule has 0 bridgehead atoms. The van der Waals surface area contributed by atoms with Gasteiger partial charge >= 0.3 is 0 Å². The number of hydrogen-bond acceptors (Lipinski definition) is 2. The van der Waals surface area contributed by atoms with Gasteiger partial charge in [0.15, 0.2) is 0 Å². The highest BCUT2D eigenvalue weighted by Crippen LogP contribution is 2.20. The van der Waals surface area contributed by atoms with E-state index in [1.807, 2.05) is 26.0 Å². The van der Waals surface area contributed by atoms with Gasteiger partial charge in [-0.25, -0.2) is 0 Å². The van der Waals surface area contributed by atoms with Crippen molar-refractivity contribution in [3.05, 3.63) is 35.4 Å². The monoisotopic (exact) mass is 233 g/mol. The Bertz CT molecular complexity index is 344. The van der Waals surface area contributed by atoms with Crippen LogP contribution in [0.3, 0.4) is 0 Å². The molecule has 1 heterocycles. The van der Waals surface area contributed by atoms with Crippen molar-refractivity contribution < 1.29 is 5.11 Å². The lowest BCUT2D eigenvalue weighted by Crippen LogP contribution is -2.35. The van der Waals surface area contributed by atoms with Crippen LogP contribution in [0.1, 0.15) is 44.2 Å². The van der Waals surface area contributed by atoms with Gasteiger partial charge in [0.1, 0.15) is 0 Å². The fraction of sp³-hybridized carbons (Fsp3) is 0.600. The van der Waals surface area contributed by atoms with Gasteiger partial charge < -0.3 is 10.4 Å². The van der Waals surface area contributed by atoms with Crippen LogP contribution < -0.4 is 5.32 Å². The second kappa shape index (κ2) is 5.19. The molecule has 17 heavy (non-hydrogen) atoms. The molecule has 1 unspecified atom stereocenters. The molecule has 0 aliphatic carbocycles. The Morgan fingerprint density at radius 2 is 1.94 bits per heavy atom. The van der Waals surface area contributed by atoms with Crippen LogP contribution >= 0.6 is 0 Å². The fourth-order valence-electron chi connectivity index (χ4n) is 2.43. The molecular weight excluding hydrogens is 210 g/mol. The highest BCUT2D eigenvalue weighted by atomic mass is 16.3. The van der Waals surface area contributed by atoms with Gasteiger partial charge in [-0.15, -0.1) is 0 Å². The van der Waals surface area contributed by atoms with Crippen LogP contribution in [0, 0.1) is 0 Å². The number of benzene rings is 1. The van der Waals surface area contributed by atoms with Crippen molar-refractivity contribution in [2.24, 2.45) is 0 Å². The van der Waals surface area contributed by atoms with Gasteiger partial charge in [0.2, 0.25) is 0 Å². The van der Waals surface area contributed by atoms with E-state index in [2.05, 4.69) is 17.4 Å². The Hall–Kier alpha value is -0.860. The van der Waals surface area contributed by atoms with E-state index in [0.717, 1.165) is 18.5 Å². The number of hydrogen-bond donors (Lipinski definition) is 2. The zero-order valence-corrected chi connectivity index (χ0v) is 10.9. The highest BCUT2D eigenvalue weighted by Gasteiger charge is 2.16.